The smallest absolute Gasteiger partial charge is 0.407 e. The lowest BCUT2D eigenvalue weighted by Crippen LogP contribution is -2.55. The molecule has 1 aromatic heterocycles. The molecule has 1 unspecified atom stereocenters. The van der Waals surface area contributed by atoms with Crippen molar-refractivity contribution in [3.63, 3.8) is 0 Å². The molecule has 2 N–H and O–H groups in total. The summed E-state index contributed by atoms with van der Waals surface area (Å²) in [5, 5.41) is 6.37. The summed E-state index contributed by atoms with van der Waals surface area (Å²) < 4.78 is 5.38. The van der Waals surface area contributed by atoms with Crippen LogP contribution in [-0.4, -0.2) is 78.3 Å². The number of rotatable bonds is 6. The largest absolute Gasteiger partial charge is 0.444 e. The van der Waals surface area contributed by atoms with Crippen molar-refractivity contribution < 1.29 is 9.53 Å². The van der Waals surface area contributed by atoms with E-state index < -0.39 is 5.60 Å². The average molecular weight is 406 g/mol. The van der Waals surface area contributed by atoms with Crippen molar-refractivity contribution in [1.29, 1.82) is 0 Å². The Morgan fingerprint density at radius 3 is 2.45 bits per heavy atom. The predicted molar refractivity (Wildman–Crippen MR) is 115 cm³/mol. The monoisotopic (exact) mass is 405 g/mol. The highest BCUT2D eigenvalue weighted by Gasteiger charge is 2.23. The van der Waals surface area contributed by atoms with E-state index >= 15 is 0 Å². The molecule has 0 radical (unpaired) electrons. The summed E-state index contributed by atoms with van der Waals surface area (Å²) in [6, 6.07) is 1.80. The zero-order chi connectivity index (χ0) is 21.3. The summed E-state index contributed by atoms with van der Waals surface area (Å²) in [6.45, 7) is 11.6. The zero-order valence-electron chi connectivity index (χ0n) is 18.3. The second-order valence-corrected chi connectivity index (χ2v) is 8.08. The van der Waals surface area contributed by atoms with Crippen molar-refractivity contribution in [3.05, 3.63) is 18.5 Å². The standard InChI is InChI=1S/C20H35N7O2/c1-6-8-16(25-19(28)29-20(2,3)4)15-24-17(21-5)26-11-13-27(14-12-26)18-22-9-7-10-23-18/h7,9-10,16H,6,8,11-15H2,1-5H3,(H,21,24)(H,25,28). The van der Waals surface area contributed by atoms with E-state index in [1.807, 2.05) is 26.8 Å². The molecule has 1 atom stereocenters. The number of anilines is 1. The number of carbonyl (C=O) groups excluding carboxylic acids is 1. The van der Waals surface area contributed by atoms with Crippen LogP contribution in [0.25, 0.3) is 0 Å². The maximum Gasteiger partial charge on any atom is 0.407 e. The number of aliphatic imine (C=N–C) groups is 1. The molecule has 0 spiro atoms. The Balaban J connectivity index is 1.84. The van der Waals surface area contributed by atoms with Gasteiger partial charge in [-0.25, -0.2) is 14.8 Å². The van der Waals surface area contributed by atoms with Crippen molar-refractivity contribution in [1.82, 2.24) is 25.5 Å². The van der Waals surface area contributed by atoms with E-state index in [1.165, 1.54) is 0 Å². The first-order valence-electron chi connectivity index (χ1n) is 10.3. The molecule has 2 heterocycles. The van der Waals surface area contributed by atoms with E-state index in [9.17, 15) is 4.79 Å². The first-order chi connectivity index (χ1) is 13.8. The average Bonchev–Trinajstić information content (AvgIpc) is 2.68. The van der Waals surface area contributed by atoms with Crippen LogP contribution in [0.15, 0.2) is 23.5 Å². The van der Waals surface area contributed by atoms with E-state index in [4.69, 9.17) is 4.74 Å². The minimum absolute atomic E-state index is 0.0226. The van der Waals surface area contributed by atoms with E-state index in [-0.39, 0.29) is 12.1 Å². The van der Waals surface area contributed by atoms with Gasteiger partial charge in [0.25, 0.3) is 0 Å². The number of hydrogen-bond acceptors (Lipinski definition) is 6. The molecule has 1 amide bonds. The van der Waals surface area contributed by atoms with Gasteiger partial charge in [-0.2, -0.15) is 0 Å². The highest BCUT2D eigenvalue weighted by molar-refractivity contribution is 5.80. The quantitative estimate of drug-likeness (QED) is 0.551. The number of alkyl carbamates (subject to hydrolysis) is 1. The number of hydrogen-bond donors (Lipinski definition) is 2. The molecule has 1 saturated heterocycles. The number of amides is 1. The topological polar surface area (TPSA) is 95.0 Å². The van der Waals surface area contributed by atoms with Crippen LogP contribution >= 0.6 is 0 Å². The number of aromatic nitrogens is 2. The van der Waals surface area contributed by atoms with Crippen molar-refractivity contribution in [2.24, 2.45) is 4.99 Å². The highest BCUT2D eigenvalue weighted by atomic mass is 16.6. The van der Waals surface area contributed by atoms with Gasteiger partial charge in [-0.05, 0) is 33.3 Å². The summed E-state index contributed by atoms with van der Waals surface area (Å²) >= 11 is 0. The van der Waals surface area contributed by atoms with E-state index in [0.717, 1.165) is 50.9 Å². The summed E-state index contributed by atoms with van der Waals surface area (Å²) in [4.78, 5) is 29.6. The molecule has 29 heavy (non-hydrogen) atoms. The lowest BCUT2D eigenvalue weighted by Gasteiger charge is -2.36. The van der Waals surface area contributed by atoms with Crippen LogP contribution in [0.1, 0.15) is 40.5 Å². The van der Waals surface area contributed by atoms with Gasteiger partial charge in [-0.1, -0.05) is 13.3 Å². The molecular formula is C20H35N7O2. The maximum atomic E-state index is 12.1. The predicted octanol–water partition coefficient (Wildman–Crippen LogP) is 1.87. The molecule has 1 fully saturated rings. The van der Waals surface area contributed by atoms with Crippen molar-refractivity contribution >= 4 is 18.0 Å². The van der Waals surface area contributed by atoms with E-state index in [1.54, 1.807) is 19.4 Å². The molecule has 0 aromatic carbocycles. The van der Waals surface area contributed by atoms with Crippen molar-refractivity contribution in [2.45, 2.75) is 52.2 Å². The second kappa shape index (κ2) is 10.8. The number of nitrogens with zero attached hydrogens (tertiary/aromatic N) is 5. The zero-order valence-corrected chi connectivity index (χ0v) is 18.3. The van der Waals surface area contributed by atoms with Crippen LogP contribution < -0.4 is 15.5 Å². The van der Waals surface area contributed by atoms with Gasteiger partial charge < -0.3 is 25.2 Å². The molecule has 1 aliphatic heterocycles. The first kappa shape index (κ1) is 22.7. The number of ether oxygens (including phenoxy) is 1. The van der Waals surface area contributed by atoms with Crippen LogP contribution in [-0.2, 0) is 4.74 Å². The van der Waals surface area contributed by atoms with Crippen LogP contribution in [0.2, 0.25) is 0 Å². The Morgan fingerprint density at radius 2 is 1.90 bits per heavy atom. The van der Waals surface area contributed by atoms with Gasteiger partial charge in [0, 0.05) is 58.2 Å². The normalized spacial score (nSPS) is 16.4. The van der Waals surface area contributed by atoms with Crippen molar-refractivity contribution in [2.75, 3.05) is 44.7 Å². The van der Waals surface area contributed by atoms with Gasteiger partial charge in [0.05, 0.1) is 0 Å². The van der Waals surface area contributed by atoms with E-state index in [2.05, 4.69) is 42.3 Å². The van der Waals surface area contributed by atoms with Gasteiger partial charge in [0.15, 0.2) is 5.96 Å². The Bertz CT molecular complexity index is 653. The third-order valence-electron chi connectivity index (χ3n) is 4.49. The molecule has 0 aliphatic carbocycles. The number of nitrogens with one attached hydrogen (secondary N) is 2. The van der Waals surface area contributed by atoms with Crippen LogP contribution in [0.3, 0.4) is 0 Å². The maximum absolute atomic E-state index is 12.1. The Kier molecular flexibility index (Phi) is 8.48. The Labute approximate surface area is 173 Å². The minimum atomic E-state index is -0.507. The van der Waals surface area contributed by atoms with Gasteiger partial charge in [0.1, 0.15) is 5.60 Å². The fourth-order valence-electron chi connectivity index (χ4n) is 3.17. The van der Waals surface area contributed by atoms with E-state index in [0.29, 0.717) is 6.54 Å². The van der Waals surface area contributed by atoms with Gasteiger partial charge in [0.2, 0.25) is 5.95 Å². The fraction of sp³-hybridized carbons (Fsp3) is 0.700. The molecule has 9 nitrogen and oxygen atoms in total. The third kappa shape index (κ3) is 7.75. The SMILES string of the molecule is CCCC(CNC(=NC)N1CCN(c2ncccn2)CC1)NC(=O)OC(C)(C)C. The second-order valence-electron chi connectivity index (χ2n) is 8.08. The van der Waals surface area contributed by atoms with Gasteiger partial charge >= 0.3 is 6.09 Å². The molecule has 0 bridgehead atoms. The first-order valence-corrected chi connectivity index (χ1v) is 10.3. The Morgan fingerprint density at radius 1 is 1.24 bits per heavy atom. The van der Waals surface area contributed by atoms with Crippen LogP contribution in [0.4, 0.5) is 10.7 Å². The van der Waals surface area contributed by atoms with Crippen LogP contribution in [0.5, 0.6) is 0 Å². The summed E-state index contributed by atoms with van der Waals surface area (Å²) in [7, 11) is 1.78. The summed E-state index contributed by atoms with van der Waals surface area (Å²) in [5.41, 5.74) is -0.507. The van der Waals surface area contributed by atoms with Gasteiger partial charge in [-0.15, -0.1) is 0 Å². The third-order valence-corrected chi connectivity index (χ3v) is 4.49. The van der Waals surface area contributed by atoms with Crippen LogP contribution in [0, 0.1) is 0 Å². The molecule has 2 rings (SSSR count). The van der Waals surface area contributed by atoms with Gasteiger partial charge in [-0.3, -0.25) is 4.99 Å². The molecule has 1 aromatic rings. The number of guanidine groups is 1. The summed E-state index contributed by atoms with van der Waals surface area (Å²) in [6.07, 6.45) is 4.98. The lowest BCUT2D eigenvalue weighted by atomic mass is 10.1. The molecular weight excluding hydrogens is 370 g/mol. The highest BCUT2D eigenvalue weighted by Crippen LogP contribution is 2.10. The summed E-state index contributed by atoms with van der Waals surface area (Å²) in [5.74, 6) is 1.60. The minimum Gasteiger partial charge on any atom is -0.444 e. The number of carbonyl (C=O) groups is 1. The lowest BCUT2D eigenvalue weighted by molar-refractivity contribution is 0.0502. The molecule has 1 aliphatic rings. The van der Waals surface area contributed by atoms with Crippen molar-refractivity contribution in [3.8, 4) is 0 Å². The molecule has 0 saturated carbocycles. The molecule has 162 valence electrons. The fourth-order valence-corrected chi connectivity index (χ4v) is 3.17. The number of piperazine rings is 1. The molecule has 9 heteroatoms. The Hall–Kier alpha value is -2.58.